The molecule has 2 heterocycles. The van der Waals surface area contributed by atoms with Crippen molar-refractivity contribution in [2.45, 2.75) is 63.1 Å². The van der Waals surface area contributed by atoms with Crippen LogP contribution in [0.25, 0.3) is 0 Å². The van der Waals surface area contributed by atoms with Gasteiger partial charge < -0.3 is 20.0 Å². The Hall–Kier alpha value is -2.51. The lowest BCUT2D eigenvalue weighted by molar-refractivity contribution is -0.187. The van der Waals surface area contributed by atoms with Crippen LogP contribution < -0.4 is 5.32 Å². The zero-order valence-corrected chi connectivity index (χ0v) is 20.1. The van der Waals surface area contributed by atoms with Crippen molar-refractivity contribution in [3.63, 3.8) is 0 Å². The van der Waals surface area contributed by atoms with Gasteiger partial charge in [-0.05, 0) is 63.2 Å². The number of halogens is 3. The average Bonchev–Trinajstić information content (AvgIpc) is 2.81. The molecule has 0 aromatic heterocycles. The first kappa shape index (κ1) is 25.6. The lowest BCUT2D eigenvalue weighted by atomic mass is 9.78. The number of carbonyl (C=O) groups is 3. The van der Waals surface area contributed by atoms with Crippen LogP contribution in [0, 0.1) is 35.0 Å². The highest BCUT2D eigenvalue weighted by Crippen LogP contribution is 2.42. The molecule has 35 heavy (non-hydrogen) atoms. The van der Waals surface area contributed by atoms with Crippen LogP contribution in [-0.2, 0) is 9.59 Å². The van der Waals surface area contributed by atoms with Crippen LogP contribution in [-0.4, -0.2) is 84.0 Å². The molecular formula is C24H34F3N5O3. The largest absolute Gasteiger partial charge is 0.391 e. The summed E-state index contributed by atoms with van der Waals surface area (Å²) in [6.45, 7) is 0.836. The number of amides is 4. The van der Waals surface area contributed by atoms with Gasteiger partial charge in [0.25, 0.3) is 5.91 Å². The van der Waals surface area contributed by atoms with E-state index >= 15 is 0 Å². The number of nitrogens with one attached hydrogen (secondary N) is 1. The third-order valence-corrected chi connectivity index (χ3v) is 8.49. The molecule has 194 valence electrons. The van der Waals surface area contributed by atoms with E-state index in [2.05, 4.69) is 11.4 Å². The third-order valence-electron chi connectivity index (χ3n) is 8.49. The van der Waals surface area contributed by atoms with E-state index in [0.717, 1.165) is 25.7 Å². The highest BCUT2D eigenvalue weighted by atomic mass is 19.4. The van der Waals surface area contributed by atoms with Crippen molar-refractivity contribution in [2.75, 3.05) is 39.8 Å². The maximum absolute atomic E-state index is 13.7. The van der Waals surface area contributed by atoms with Crippen molar-refractivity contribution in [1.29, 1.82) is 5.26 Å². The lowest BCUT2D eigenvalue weighted by Crippen LogP contribution is -2.82. The van der Waals surface area contributed by atoms with Crippen LogP contribution in [0.2, 0.25) is 0 Å². The Morgan fingerprint density at radius 2 is 1.60 bits per heavy atom. The molecule has 2 saturated carbocycles. The molecule has 2 aliphatic heterocycles. The summed E-state index contributed by atoms with van der Waals surface area (Å²) < 4.78 is 39.2. The number of urea groups is 1. The number of piperazine rings is 1. The van der Waals surface area contributed by atoms with E-state index in [0.29, 0.717) is 19.4 Å². The number of rotatable bonds is 4. The summed E-state index contributed by atoms with van der Waals surface area (Å²) in [5.74, 6) is -1.50. The topological polar surface area (TPSA) is 96.7 Å². The predicted molar refractivity (Wildman–Crippen MR) is 120 cm³/mol. The van der Waals surface area contributed by atoms with Gasteiger partial charge in [0.2, 0.25) is 5.91 Å². The molecule has 4 fully saturated rings. The van der Waals surface area contributed by atoms with Crippen molar-refractivity contribution in [2.24, 2.45) is 23.7 Å². The van der Waals surface area contributed by atoms with Gasteiger partial charge >= 0.3 is 12.2 Å². The number of hydrogen-bond acceptors (Lipinski definition) is 4. The molecule has 4 amide bonds. The molecule has 0 aromatic rings. The first-order valence-corrected chi connectivity index (χ1v) is 12.6. The van der Waals surface area contributed by atoms with Crippen LogP contribution in [0.15, 0.2) is 0 Å². The highest BCUT2D eigenvalue weighted by molar-refractivity contribution is 6.00. The van der Waals surface area contributed by atoms with Gasteiger partial charge in [0.1, 0.15) is 0 Å². The van der Waals surface area contributed by atoms with E-state index in [9.17, 15) is 27.6 Å². The minimum atomic E-state index is -4.20. The van der Waals surface area contributed by atoms with E-state index < -0.39 is 17.6 Å². The van der Waals surface area contributed by atoms with Gasteiger partial charge in [0.05, 0.1) is 31.6 Å². The van der Waals surface area contributed by atoms with E-state index in [1.165, 1.54) is 11.9 Å². The molecule has 1 spiro atoms. The van der Waals surface area contributed by atoms with Crippen LogP contribution in [0.4, 0.5) is 18.0 Å². The van der Waals surface area contributed by atoms with Crippen molar-refractivity contribution < 1.29 is 27.6 Å². The summed E-state index contributed by atoms with van der Waals surface area (Å²) in [6.07, 6.45) is -0.138. The summed E-state index contributed by atoms with van der Waals surface area (Å²) in [5, 5.41) is 11.7. The fourth-order valence-corrected chi connectivity index (χ4v) is 6.30. The lowest BCUT2D eigenvalue weighted by Gasteiger charge is -2.58. The summed E-state index contributed by atoms with van der Waals surface area (Å²) in [7, 11) is 1.50. The number of alkyl halides is 3. The molecule has 0 atom stereocenters. The summed E-state index contributed by atoms with van der Waals surface area (Å²) in [6, 6.07) is 1.98. The first-order valence-electron chi connectivity index (χ1n) is 12.6. The number of likely N-dealkylation sites (tertiary alicyclic amines) is 1. The summed E-state index contributed by atoms with van der Waals surface area (Å²) in [5.41, 5.74) is -1.15. The Morgan fingerprint density at radius 3 is 2.14 bits per heavy atom. The SMILES string of the molecule is CNC(=O)N1CC2(C1)C(=O)N(CC1CCC(C#N)CC1)CC(=O)N2CC1CCC(C(F)(F)F)CC1. The Bertz CT molecular complexity index is 867. The molecule has 4 aliphatic rings. The average molecular weight is 498 g/mol. The Labute approximate surface area is 203 Å². The molecule has 0 bridgehead atoms. The second-order valence-corrected chi connectivity index (χ2v) is 10.7. The molecule has 8 nitrogen and oxygen atoms in total. The second-order valence-electron chi connectivity index (χ2n) is 10.7. The Balaban J connectivity index is 1.45. The van der Waals surface area contributed by atoms with Crippen molar-refractivity contribution >= 4 is 17.8 Å². The van der Waals surface area contributed by atoms with Crippen molar-refractivity contribution in [1.82, 2.24) is 20.0 Å². The maximum Gasteiger partial charge on any atom is 0.391 e. The minimum Gasteiger partial charge on any atom is -0.341 e. The van der Waals surface area contributed by atoms with Gasteiger partial charge in [-0.3, -0.25) is 9.59 Å². The number of nitrogens with zero attached hydrogens (tertiary/aromatic N) is 4. The van der Waals surface area contributed by atoms with E-state index in [-0.39, 0.29) is 74.6 Å². The number of hydrogen-bond donors (Lipinski definition) is 1. The van der Waals surface area contributed by atoms with Gasteiger partial charge in [-0.25, -0.2) is 4.79 Å². The monoisotopic (exact) mass is 497 g/mol. The summed E-state index contributed by atoms with van der Waals surface area (Å²) >= 11 is 0. The molecule has 0 unspecified atom stereocenters. The van der Waals surface area contributed by atoms with Crippen LogP contribution in [0.3, 0.4) is 0 Å². The maximum atomic E-state index is 13.7. The Kier molecular flexibility index (Phi) is 7.21. The van der Waals surface area contributed by atoms with Crippen LogP contribution in [0.1, 0.15) is 51.4 Å². The smallest absolute Gasteiger partial charge is 0.341 e. The van der Waals surface area contributed by atoms with Crippen LogP contribution >= 0.6 is 0 Å². The fraction of sp³-hybridized carbons (Fsp3) is 0.833. The molecular weight excluding hydrogens is 463 g/mol. The van der Waals surface area contributed by atoms with Gasteiger partial charge in [-0.1, -0.05) is 0 Å². The van der Waals surface area contributed by atoms with E-state index in [1.54, 1.807) is 9.80 Å². The number of nitriles is 1. The molecule has 0 aromatic carbocycles. The van der Waals surface area contributed by atoms with Gasteiger partial charge in [0, 0.05) is 26.1 Å². The quantitative estimate of drug-likeness (QED) is 0.646. The number of carbonyl (C=O) groups excluding carboxylic acids is 3. The fourth-order valence-electron chi connectivity index (χ4n) is 6.30. The van der Waals surface area contributed by atoms with Gasteiger partial charge in [-0.15, -0.1) is 0 Å². The predicted octanol–water partition coefficient (Wildman–Crippen LogP) is 2.75. The minimum absolute atomic E-state index is 0.0407. The normalized spacial score (nSPS) is 31.2. The molecule has 1 N–H and O–H groups in total. The molecule has 2 saturated heterocycles. The van der Waals surface area contributed by atoms with Crippen molar-refractivity contribution in [3.8, 4) is 6.07 Å². The van der Waals surface area contributed by atoms with E-state index in [4.69, 9.17) is 5.26 Å². The van der Waals surface area contributed by atoms with Crippen molar-refractivity contribution in [3.05, 3.63) is 0 Å². The Morgan fingerprint density at radius 1 is 1.03 bits per heavy atom. The van der Waals surface area contributed by atoms with E-state index in [1.807, 2.05) is 0 Å². The zero-order valence-electron chi connectivity index (χ0n) is 20.1. The third kappa shape index (κ3) is 5.07. The standard InChI is InChI=1S/C24H34F3N5O3/c1-29-22(35)31-14-23(15-31)21(34)30(11-17-4-2-16(10-28)3-5-17)13-20(33)32(23)12-18-6-8-19(9-7-18)24(25,26)27/h16-19H,2-9,11-15H2,1H3,(H,29,35). The zero-order chi connectivity index (χ0) is 25.4. The molecule has 0 radical (unpaired) electrons. The highest BCUT2D eigenvalue weighted by Gasteiger charge is 2.61. The second kappa shape index (κ2) is 9.86. The first-order chi connectivity index (χ1) is 16.6. The molecule has 2 aliphatic carbocycles. The van der Waals surface area contributed by atoms with Gasteiger partial charge in [0.15, 0.2) is 5.54 Å². The molecule has 4 rings (SSSR count). The van der Waals surface area contributed by atoms with Crippen LogP contribution in [0.5, 0.6) is 0 Å². The van der Waals surface area contributed by atoms with Gasteiger partial charge in [-0.2, -0.15) is 18.4 Å². The molecule has 11 heteroatoms. The summed E-state index contributed by atoms with van der Waals surface area (Å²) in [4.78, 5) is 43.9.